The molecule has 0 saturated heterocycles. The smallest absolute Gasteiger partial charge is 0.407 e. The number of aryl methyl sites for hydroxylation is 2. The lowest BCUT2D eigenvalue weighted by Gasteiger charge is -2.33. The van der Waals surface area contributed by atoms with E-state index in [0.29, 0.717) is 13.0 Å². The molecule has 2 aromatic heterocycles. The molecule has 2 N–H and O–H groups in total. The van der Waals surface area contributed by atoms with E-state index in [1.807, 2.05) is 46.8 Å². The molecule has 2 heterocycles. The van der Waals surface area contributed by atoms with Crippen LogP contribution in [0.1, 0.15) is 44.0 Å². The van der Waals surface area contributed by atoms with Crippen LogP contribution in [0.5, 0.6) is 0 Å². The number of fused-ring (bicyclic) bond motifs is 1. The van der Waals surface area contributed by atoms with Crippen molar-refractivity contribution >= 4 is 17.1 Å². The van der Waals surface area contributed by atoms with Crippen molar-refractivity contribution in [1.82, 2.24) is 15.3 Å². The van der Waals surface area contributed by atoms with Gasteiger partial charge in [-0.15, -0.1) is 0 Å². The first-order valence-corrected chi connectivity index (χ1v) is 9.07. The molecular formula is C21H26FN3O2. The van der Waals surface area contributed by atoms with Crippen molar-refractivity contribution in [3.8, 4) is 0 Å². The number of alkyl carbamates (subject to hydrolysis) is 1. The van der Waals surface area contributed by atoms with Gasteiger partial charge in [-0.05, 0) is 70.4 Å². The maximum absolute atomic E-state index is 13.7. The van der Waals surface area contributed by atoms with E-state index in [4.69, 9.17) is 4.74 Å². The number of nitrogens with zero attached hydrogens (tertiary/aromatic N) is 1. The van der Waals surface area contributed by atoms with E-state index >= 15 is 0 Å². The fourth-order valence-corrected chi connectivity index (χ4v) is 3.37. The summed E-state index contributed by atoms with van der Waals surface area (Å²) in [5.74, 6) is -0.271. The lowest BCUT2D eigenvalue weighted by molar-refractivity contribution is 0.0518. The maximum Gasteiger partial charge on any atom is 0.407 e. The number of allylic oxidation sites excluding steroid dienone is 3. The highest BCUT2D eigenvalue weighted by atomic mass is 19.1. The predicted octanol–water partition coefficient (Wildman–Crippen LogP) is 4.76. The van der Waals surface area contributed by atoms with Crippen LogP contribution < -0.4 is 5.32 Å². The SMILES string of the molecule is Cc1[nH]c2c(C3(CNC(=O)OC(C)(C)C)C=CC(F)=CC3)ccnc2c1C. The summed E-state index contributed by atoms with van der Waals surface area (Å²) in [6, 6.07) is 1.93. The number of nitrogens with one attached hydrogen (secondary N) is 2. The molecule has 1 unspecified atom stereocenters. The van der Waals surface area contributed by atoms with Crippen LogP contribution in [0, 0.1) is 13.8 Å². The first-order valence-electron chi connectivity index (χ1n) is 9.07. The van der Waals surface area contributed by atoms with Gasteiger partial charge in [0, 0.05) is 23.9 Å². The van der Waals surface area contributed by atoms with E-state index in [0.717, 1.165) is 27.9 Å². The zero-order valence-electron chi connectivity index (χ0n) is 16.4. The number of H-pyrrole nitrogens is 1. The van der Waals surface area contributed by atoms with E-state index < -0.39 is 17.1 Å². The Hall–Kier alpha value is -2.63. The average molecular weight is 371 g/mol. The molecule has 27 heavy (non-hydrogen) atoms. The topological polar surface area (TPSA) is 67.0 Å². The Bertz CT molecular complexity index is 937. The van der Waals surface area contributed by atoms with Gasteiger partial charge in [0.05, 0.1) is 11.0 Å². The molecule has 1 aliphatic rings. The van der Waals surface area contributed by atoms with Crippen molar-refractivity contribution in [3.05, 3.63) is 53.1 Å². The van der Waals surface area contributed by atoms with Gasteiger partial charge in [0.2, 0.25) is 0 Å². The second-order valence-corrected chi connectivity index (χ2v) is 8.10. The molecule has 0 aromatic carbocycles. The van der Waals surface area contributed by atoms with Crippen molar-refractivity contribution in [2.75, 3.05) is 6.54 Å². The summed E-state index contributed by atoms with van der Waals surface area (Å²) in [6.07, 6.45) is 6.52. The van der Waals surface area contributed by atoms with E-state index in [9.17, 15) is 9.18 Å². The van der Waals surface area contributed by atoms with Gasteiger partial charge >= 0.3 is 6.09 Å². The molecule has 0 saturated carbocycles. The molecule has 1 amide bonds. The van der Waals surface area contributed by atoms with Crippen LogP contribution in [0.2, 0.25) is 0 Å². The third-order valence-electron chi connectivity index (χ3n) is 4.89. The average Bonchev–Trinajstić information content (AvgIpc) is 2.88. The highest BCUT2D eigenvalue weighted by molar-refractivity contribution is 5.84. The minimum atomic E-state index is -0.586. The summed E-state index contributed by atoms with van der Waals surface area (Å²) in [4.78, 5) is 20.1. The van der Waals surface area contributed by atoms with E-state index in [1.54, 1.807) is 12.3 Å². The molecule has 3 rings (SSSR count). The van der Waals surface area contributed by atoms with Gasteiger partial charge in [0.1, 0.15) is 11.4 Å². The Labute approximate surface area is 158 Å². The van der Waals surface area contributed by atoms with E-state index in [2.05, 4.69) is 15.3 Å². The zero-order chi connectivity index (χ0) is 19.8. The second kappa shape index (κ2) is 6.83. The second-order valence-electron chi connectivity index (χ2n) is 8.10. The normalized spacial score (nSPS) is 19.9. The third-order valence-corrected chi connectivity index (χ3v) is 4.89. The quantitative estimate of drug-likeness (QED) is 0.818. The first-order chi connectivity index (χ1) is 12.6. The lowest BCUT2D eigenvalue weighted by Crippen LogP contribution is -2.42. The Morgan fingerprint density at radius 2 is 2.15 bits per heavy atom. The van der Waals surface area contributed by atoms with Gasteiger partial charge in [-0.25, -0.2) is 9.18 Å². The van der Waals surface area contributed by atoms with Crippen LogP contribution in [-0.2, 0) is 10.2 Å². The number of pyridine rings is 1. The number of rotatable bonds is 3. The molecule has 0 spiro atoms. The summed E-state index contributed by atoms with van der Waals surface area (Å²) < 4.78 is 19.0. The lowest BCUT2D eigenvalue weighted by atomic mass is 9.75. The fraction of sp³-hybridized carbons (Fsp3) is 0.429. The number of carbonyl (C=O) groups excluding carboxylic acids is 1. The molecule has 2 aromatic rings. The highest BCUT2D eigenvalue weighted by Crippen LogP contribution is 2.38. The summed E-state index contributed by atoms with van der Waals surface area (Å²) >= 11 is 0. The Balaban J connectivity index is 1.99. The van der Waals surface area contributed by atoms with Gasteiger partial charge in [0.25, 0.3) is 0 Å². The molecule has 0 aliphatic heterocycles. The van der Waals surface area contributed by atoms with Crippen molar-refractivity contribution in [3.63, 3.8) is 0 Å². The number of aromatic amines is 1. The molecule has 6 heteroatoms. The van der Waals surface area contributed by atoms with Crippen molar-refractivity contribution in [2.45, 2.75) is 52.1 Å². The van der Waals surface area contributed by atoms with Crippen LogP contribution in [0.25, 0.3) is 11.0 Å². The van der Waals surface area contributed by atoms with Crippen LogP contribution >= 0.6 is 0 Å². The van der Waals surface area contributed by atoms with E-state index in [1.165, 1.54) is 6.08 Å². The maximum atomic E-state index is 13.7. The molecule has 144 valence electrons. The molecule has 0 bridgehead atoms. The zero-order valence-corrected chi connectivity index (χ0v) is 16.4. The summed E-state index contributed by atoms with van der Waals surface area (Å²) in [5, 5.41) is 2.85. The van der Waals surface area contributed by atoms with Crippen molar-refractivity contribution < 1.29 is 13.9 Å². The number of halogens is 1. The van der Waals surface area contributed by atoms with Crippen LogP contribution in [0.4, 0.5) is 9.18 Å². The number of hydrogen-bond donors (Lipinski definition) is 2. The van der Waals surface area contributed by atoms with Gasteiger partial charge in [0.15, 0.2) is 0 Å². The number of amides is 1. The minimum Gasteiger partial charge on any atom is -0.444 e. The van der Waals surface area contributed by atoms with Gasteiger partial charge in [-0.3, -0.25) is 4.98 Å². The summed E-state index contributed by atoms with van der Waals surface area (Å²) in [7, 11) is 0. The Morgan fingerprint density at radius 1 is 1.41 bits per heavy atom. The van der Waals surface area contributed by atoms with Crippen molar-refractivity contribution in [1.29, 1.82) is 0 Å². The number of carbonyl (C=O) groups is 1. The number of aromatic nitrogens is 2. The summed E-state index contributed by atoms with van der Waals surface area (Å²) in [5.41, 5.74) is 3.75. The molecule has 0 fully saturated rings. The standard InChI is InChI=1S/C21H26FN3O2/c1-13-14(2)25-18-16(8-11-23-17(13)18)21(9-6-15(22)7-10-21)12-24-19(26)27-20(3,4)5/h6-9,11,25H,10,12H2,1-5H3,(H,24,26). The van der Waals surface area contributed by atoms with Crippen LogP contribution in [-0.4, -0.2) is 28.2 Å². The number of hydrogen-bond acceptors (Lipinski definition) is 3. The van der Waals surface area contributed by atoms with Crippen molar-refractivity contribution in [2.24, 2.45) is 0 Å². The Kier molecular flexibility index (Phi) is 4.84. The molecule has 1 aliphatic carbocycles. The van der Waals surface area contributed by atoms with Crippen LogP contribution in [0.15, 0.2) is 36.3 Å². The number of ether oxygens (including phenoxy) is 1. The minimum absolute atomic E-state index is 0.271. The van der Waals surface area contributed by atoms with E-state index in [-0.39, 0.29) is 5.83 Å². The molecule has 1 atom stereocenters. The molecular weight excluding hydrogens is 345 g/mol. The molecule has 5 nitrogen and oxygen atoms in total. The first kappa shape index (κ1) is 19.1. The van der Waals surface area contributed by atoms with Crippen LogP contribution in [0.3, 0.4) is 0 Å². The largest absolute Gasteiger partial charge is 0.444 e. The van der Waals surface area contributed by atoms with Gasteiger partial charge in [-0.2, -0.15) is 0 Å². The summed E-state index contributed by atoms with van der Waals surface area (Å²) in [6.45, 7) is 9.77. The van der Waals surface area contributed by atoms with Gasteiger partial charge in [-0.1, -0.05) is 6.08 Å². The fourth-order valence-electron chi connectivity index (χ4n) is 3.37. The monoisotopic (exact) mass is 371 g/mol. The molecule has 0 radical (unpaired) electrons. The van der Waals surface area contributed by atoms with Gasteiger partial charge < -0.3 is 15.0 Å². The predicted molar refractivity (Wildman–Crippen MR) is 104 cm³/mol. The third kappa shape index (κ3) is 3.89. The highest BCUT2D eigenvalue weighted by Gasteiger charge is 2.34. The Morgan fingerprint density at radius 3 is 2.78 bits per heavy atom.